The molecule has 1 saturated heterocycles. The highest BCUT2D eigenvalue weighted by Crippen LogP contribution is 2.12. The molecule has 0 saturated carbocycles. The number of nitrogens with one attached hydrogen (secondary N) is 2. The molecule has 1 aromatic rings. The molecule has 94 valence electrons. The molecule has 1 aliphatic heterocycles. The van der Waals surface area contributed by atoms with E-state index < -0.39 is 0 Å². The lowest BCUT2D eigenvalue weighted by Gasteiger charge is -2.23. The third-order valence-electron chi connectivity index (χ3n) is 2.72. The molecule has 0 aliphatic carbocycles. The number of anilines is 1. The average molecular weight is 238 g/mol. The summed E-state index contributed by atoms with van der Waals surface area (Å²) in [6.45, 7) is 4.00. The molecular weight excluding hydrogens is 220 g/mol. The van der Waals surface area contributed by atoms with Crippen molar-refractivity contribution in [3.05, 3.63) is 11.9 Å². The number of carbonyl (C=O) groups is 1. The first-order valence-electron chi connectivity index (χ1n) is 5.76. The van der Waals surface area contributed by atoms with Crippen LogP contribution in [0.5, 0.6) is 0 Å². The van der Waals surface area contributed by atoms with E-state index in [1.165, 1.54) is 0 Å². The zero-order chi connectivity index (χ0) is 12.3. The van der Waals surface area contributed by atoms with Gasteiger partial charge in [0.2, 0.25) is 5.91 Å². The Hall–Kier alpha value is -1.40. The lowest BCUT2D eigenvalue weighted by Crippen LogP contribution is -2.43. The topological polar surface area (TPSA) is 68.2 Å². The van der Waals surface area contributed by atoms with E-state index in [4.69, 9.17) is 4.74 Å². The number of amides is 1. The smallest absolute Gasteiger partial charge is 0.226 e. The quantitative estimate of drug-likeness (QED) is 0.780. The van der Waals surface area contributed by atoms with Gasteiger partial charge in [-0.1, -0.05) is 0 Å². The number of morpholine rings is 1. The molecule has 1 amide bonds. The van der Waals surface area contributed by atoms with Gasteiger partial charge in [-0.2, -0.15) is 5.10 Å². The minimum atomic E-state index is -0.0101. The number of rotatable bonds is 3. The molecule has 0 spiro atoms. The zero-order valence-electron chi connectivity index (χ0n) is 10.2. The van der Waals surface area contributed by atoms with Gasteiger partial charge in [0, 0.05) is 32.3 Å². The summed E-state index contributed by atoms with van der Waals surface area (Å²) in [6.07, 6.45) is 2.23. The van der Waals surface area contributed by atoms with E-state index in [1.54, 1.807) is 10.9 Å². The summed E-state index contributed by atoms with van der Waals surface area (Å²) in [5, 5.41) is 10.3. The Morgan fingerprint density at radius 1 is 1.76 bits per heavy atom. The molecule has 0 radical (unpaired) electrons. The van der Waals surface area contributed by atoms with E-state index in [-0.39, 0.29) is 11.9 Å². The van der Waals surface area contributed by atoms with E-state index in [2.05, 4.69) is 15.7 Å². The van der Waals surface area contributed by atoms with Gasteiger partial charge in [0.1, 0.15) is 0 Å². The van der Waals surface area contributed by atoms with E-state index in [1.807, 2.05) is 14.0 Å². The second-order valence-electron chi connectivity index (χ2n) is 4.28. The van der Waals surface area contributed by atoms with Gasteiger partial charge in [-0.05, 0) is 6.92 Å². The van der Waals surface area contributed by atoms with Crippen molar-refractivity contribution in [1.82, 2.24) is 15.1 Å². The van der Waals surface area contributed by atoms with Crippen LogP contribution in [0.4, 0.5) is 5.69 Å². The summed E-state index contributed by atoms with van der Waals surface area (Å²) >= 11 is 0. The maximum atomic E-state index is 11.8. The highest BCUT2D eigenvalue weighted by Gasteiger charge is 2.17. The van der Waals surface area contributed by atoms with Crippen molar-refractivity contribution < 1.29 is 9.53 Å². The minimum Gasteiger partial charge on any atom is -0.378 e. The molecule has 1 unspecified atom stereocenters. The molecule has 1 atom stereocenters. The SMILES string of the molecule is Cc1nn(C)cc1NC(=O)CC1COCCN1. The van der Waals surface area contributed by atoms with Gasteiger partial charge in [-0.25, -0.2) is 0 Å². The number of nitrogens with zero attached hydrogens (tertiary/aromatic N) is 2. The van der Waals surface area contributed by atoms with Gasteiger partial charge in [0.05, 0.1) is 24.6 Å². The molecule has 2 heterocycles. The summed E-state index contributed by atoms with van der Waals surface area (Å²) in [7, 11) is 1.83. The van der Waals surface area contributed by atoms with Crippen LogP contribution in [0.2, 0.25) is 0 Å². The Labute approximate surface area is 100 Å². The zero-order valence-corrected chi connectivity index (χ0v) is 10.2. The highest BCUT2D eigenvalue weighted by molar-refractivity contribution is 5.91. The van der Waals surface area contributed by atoms with E-state index in [9.17, 15) is 4.79 Å². The third kappa shape index (κ3) is 3.28. The molecule has 17 heavy (non-hydrogen) atoms. The Morgan fingerprint density at radius 3 is 3.18 bits per heavy atom. The summed E-state index contributed by atoms with van der Waals surface area (Å²) in [6, 6.07) is 0.112. The molecule has 2 rings (SSSR count). The first kappa shape index (κ1) is 12.1. The molecule has 6 nitrogen and oxygen atoms in total. The van der Waals surface area contributed by atoms with Crippen LogP contribution in [-0.4, -0.2) is 41.5 Å². The number of aromatic nitrogens is 2. The Kier molecular flexibility index (Phi) is 3.75. The number of hydrogen-bond acceptors (Lipinski definition) is 4. The van der Waals surface area contributed by atoms with Gasteiger partial charge < -0.3 is 15.4 Å². The third-order valence-corrected chi connectivity index (χ3v) is 2.72. The van der Waals surface area contributed by atoms with Gasteiger partial charge in [-0.15, -0.1) is 0 Å². The summed E-state index contributed by atoms with van der Waals surface area (Å²) < 4.78 is 6.99. The van der Waals surface area contributed by atoms with Crippen molar-refractivity contribution in [2.75, 3.05) is 25.1 Å². The van der Waals surface area contributed by atoms with Gasteiger partial charge in [0.15, 0.2) is 0 Å². The van der Waals surface area contributed by atoms with Crippen LogP contribution in [0.1, 0.15) is 12.1 Å². The van der Waals surface area contributed by atoms with Crippen molar-refractivity contribution in [2.45, 2.75) is 19.4 Å². The van der Waals surface area contributed by atoms with Crippen molar-refractivity contribution in [3.63, 3.8) is 0 Å². The standard InChI is InChI=1S/C11H18N4O2/c1-8-10(6-15(2)14-8)13-11(16)5-9-7-17-4-3-12-9/h6,9,12H,3-5,7H2,1-2H3,(H,13,16). The van der Waals surface area contributed by atoms with Gasteiger partial charge in [-0.3, -0.25) is 9.48 Å². The van der Waals surface area contributed by atoms with Gasteiger partial charge >= 0.3 is 0 Å². The molecule has 1 aromatic heterocycles. The first-order chi connectivity index (χ1) is 8.15. The maximum Gasteiger partial charge on any atom is 0.226 e. The molecule has 6 heteroatoms. The molecular formula is C11H18N4O2. The minimum absolute atomic E-state index is 0.0101. The predicted octanol–water partition coefficient (Wildman–Crippen LogP) is 0.0455. The van der Waals surface area contributed by atoms with Crippen LogP contribution < -0.4 is 10.6 Å². The molecule has 0 bridgehead atoms. The van der Waals surface area contributed by atoms with Crippen LogP contribution in [0.3, 0.4) is 0 Å². The van der Waals surface area contributed by atoms with E-state index in [0.717, 1.165) is 24.5 Å². The van der Waals surface area contributed by atoms with Crippen LogP contribution >= 0.6 is 0 Å². The summed E-state index contributed by atoms with van der Waals surface area (Å²) in [4.78, 5) is 11.8. The lowest BCUT2D eigenvalue weighted by molar-refractivity contribution is -0.117. The summed E-state index contributed by atoms with van der Waals surface area (Å²) in [5.74, 6) is -0.0101. The van der Waals surface area contributed by atoms with Crippen molar-refractivity contribution in [3.8, 4) is 0 Å². The fourth-order valence-electron chi connectivity index (χ4n) is 1.90. The molecule has 1 fully saturated rings. The predicted molar refractivity (Wildman–Crippen MR) is 63.8 cm³/mol. The highest BCUT2D eigenvalue weighted by atomic mass is 16.5. The van der Waals surface area contributed by atoms with Crippen molar-refractivity contribution in [2.24, 2.45) is 7.05 Å². The Bertz CT molecular complexity index is 396. The van der Waals surface area contributed by atoms with Gasteiger partial charge in [0.25, 0.3) is 0 Å². The average Bonchev–Trinajstić information content (AvgIpc) is 2.58. The number of aryl methyl sites for hydroxylation is 2. The monoisotopic (exact) mass is 238 g/mol. The number of carbonyl (C=O) groups excluding carboxylic acids is 1. The van der Waals surface area contributed by atoms with Crippen molar-refractivity contribution in [1.29, 1.82) is 0 Å². The lowest BCUT2D eigenvalue weighted by atomic mass is 10.2. The van der Waals surface area contributed by atoms with E-state index in [0.29, 0.717) is 13.0 Å². The first-order valence-corrected chi connectivity index (χ1v) is 5.76. The van der Waals surface area contributed by atoms with Crippen LogP contribution in [0.25, 0.3) is 0 Å². The van der Waals surface area contributed by atoms with Crippen LogP contribution in [0, 0.1) is 6.92 Å². The fraction of sp³-hybridized carbons (Fsp3) is 0.636. The van der Waals surface area contributed by atoms with E-state index >= 15 is 0 Å². The summed E-state index contributed by atoms with van der Waals surface area (Å²) in [5.41, 5.74) is 1.60. The maximum absolute atomic E-state index is 11.8. The fourth-order valence-corrected chi connectivity index (χ4v) is 1.90. The number of hydrogen-bond donors (Lipinski definition) is 2. The molecule has 1 aliphatic rings. The molecule has 2 N–H and O–H groups in total. The molecule has 0 aromatic carbocycles. The normalized spacial score (nSPS) is 20.2. The van der Waals surface area contributed by atoms with Crippen LogP contribution in [0.15, 0.2) is 6.20 Å². The van der Waals surface area contributed by atoms with Crippen molar-refractivity contribution >= 4 is 11.6 Å². The Balaban J connectivity index is 1.86. The van der Waals surface area contributed by atoms with Crippen LogP contribution in [-0.2, 0) is 16.6 Å². The second kappa shape index (κ2) is 5.29. The number of ether oxygens (including phenoxy) is 1. The largest absolute Gasteiger partial charge is 0.378 e. The second-order valence-corrected chi connectivity index (χ2v) is 4.28. The Morgan fingerprint density at radius 2 is 2.59 bits per heavy atom.